The molecule has 0 atom stereocenters. The van der Waals surface area contributed by atoms with Gasteiger partial charge in [0, 0.05) is 17.3 Å². The normalized spacial score (nSPS) is 9.47. The molecule has 1 heterocycles. The summed E-state index contributed by atoms with van der Waals surface area (Å²) in [4.78, 5) is 17.8. The van der Waals surface area contributed by atoms with E-state index >= 15 is 0 Å². The summed E-state index contributed by atoms with van der Waals surface area (Å²) >= 11 is 1.56. The first kappa shape index (κ1) is 15.4. The number of benzene rings is 1. The Balaban J connectivity index is 0.000000861. The predicted molar refractivity (Wildman–Crippen MR) is 80.2 cm³/mol. The van der Waals surface area contributed by atoms with Crippen molar-refractivity contribution in [3.63, 3.8) is 0 Å². The molecular formula is C15H19NO2S. The minimum absolute atomic E-state index is 0.133. The molecule has 1 aromatic heterocycles. The van der Waals surface area contributed by atoms with Crippen LogP contribution in [0.2, 0.25) is 0 Å². The number of hydrogen-bond donors (Lipinski definition) is 0. The highest BCUT2D eigenvalue weighted by molar-refractivity contribution is 7.13. The van der Waals surface area contributed by atoms with Crippen molar-refractivity contribution in [1.82, 2.24) is 5.06 Å². The van der Waals surface area contributed by atoms with E-state index in [9.17, 15) is 4.79 Å². The summed E-state index contributed by atoms with van der Waals surface area (Å²) in [6, 6.07) is 11.9. The Morgan fingerprint density at radius 2 is 1.84 bits per heavy atom. The molecule has 0 bridgehead atoms. The first-order valence-corrected chi connectivity index (χ1v) is 7.06. The summed E-state index contributed by atoms with van der Waals surface area (Å²) in [5.41, 5.74) is 1.77. The smallest absolute Gasteiger partial charge is 0.274 e. The van der Waals surface area contributed by atoms with E-state index in [2.05, 4.69) is 0 Å². The number of hydroxylamine groups is 2. The van der Waals surface area contributed by atoms with E-state index in [0.29, 0.717) is 5.56 Å². The van der Waals surface area contributed by atoms with Crippen molar-refractivity contribution in [3.8, 4) is 10.4 Å². The zero-order valence-electron chi connectivity index (χ0n) is 11.7. The van der Waals surface area contributed by atoms with Crippen LogP contribution in [-0.4, -0.2) is 25.1 Å². The summed E-state index contributed by atoms with van der Waals surface area (Å²) in [5, 5.41) is 3.07. The minimum atomic E-state index is -0.133. The molecule has 0 saturated heterocycles. The Kier molecular flexibility index (Phi) is 6.25. The standard InChI is InChI=1S/C13H13NO2S.C2H6/c1-14(16-2)13(15)11-8-12(17-9-11)10-6-4-3-5-7-10;1-2/h3-9H,1-2H3;1-2H3. The van der Waals surface area contributed by atoms with Gasteiger partial charge in [-0.3, -0.25) is 9.63 Å². The minimum Gasteiger partial charge on any atom is -0.274 e. The molecule has 1 aromatic carbocycles. The van der Waals surface area contributed by atoms with Crippen LogP contribution in [0.3, 0.4) is 0 Å². The number of hydrogen-bond acceptors (Lipinski definition) is 3. The lowest BCUT2D eigenvalue weighted by atomic mass is 10.1. The van der Waals surface area contributed by atoms with Crippen LogP contribution in [0.15, 0.2) is 41.8 Å². The number of rotatable bonds is 3. The third-order valence-electron chi connectivity index (χ3n) is 2.46. The lowest BCUT2D eigenvalue weighted by Crippen LogP contribution is -2.24. The fraction of sp³-hybridized carbons (Fsp3) is 0.267. The predicted octanol–water partition coefficient (Wildman–Crippen LogP) is 4.07. The average molecular weight is 277 g/mol. The monoisotopic (exact) mass is 277 g/mol. The molecule has 0 unspecified atom stereocenters. The lowest BCUT2D eigenvalue weighted by Gasteiger charge is -2.11. The van der Waals surface area contributed by atoms with E-state index < -0.39 is 0 Å². The van der Waals surface area contributed by atoms with Crippen molar-refractivity contribution in [2.24, 2.45) is 0 Å². The van der Waals surface area contributed by atoms with Gasteiger partial charge in [-0.15, -0.1) is 11.3 Å². The number of carbonyl (C=O) groups is 1. The van der Waals surface area contributed by atoms with Crippen LogP contribution in [-0.2, 0) is 4.84 Å². The van der Waals surface area contributed by atoms with E-state index in [4.69, 9.17) is 4.84 Å². The van der Waals surface area contributed by atoms with Gasteiger partial charge in [-0.2, -0.15) is 0 Å². The number of thiophene rings is 1. The van der Waals surface area contributed by atoms with Crippen LogP contribution < -0.4 is 0 Å². The largest absolute Gasteiger partial charge is 0.278 e. The molecular weight excluding hydrogens is 258 g/mol. The number of amides is 1. The van der Waals surface area contributed by atoms with Gasteiger partial charge in [0.05, 0.1) is 12.7 Å². The second-order valence-electron chi connectivity index (χ2n) is 3.55. The summed E-state index contributed by atoms with van der Waals surface area (Å²) in [6.45, 7) is 4.00. The van der Waals surface area contributed by atoms with Crippen LogP contribution in [0.4, 0.5) is 0 Å². The molecule has 0 aliphatic carbocycles. The molecule has 0 saturated carbocycles. The van der Waals surface area contributed by atoms with Crippen LogP contribution in [0.1, 0.15) is 24.2 Å². The van der Waals surface area contributed by atoms with Crippen LogP contribution in [0.5, 0.6) is 0 Å². The Hall–Kier alpha value is -1.65. The van der Waals surface area contributed by atoms with Crippen molar-refractivity contribution < 1.29 is 9.63 Å². The Labute approximate surface area is 118 Å². The number of carbonyl (C=O) groups excluding carboxylic acids is 1. The molecule has 19 heavy (non-hydrogen) atoms. The Morgan fingerprint density at radius 3 is 2.42 bits per heavy atom. The summed E-state index contributed by atoms with van der Waals surface area (Å²) in [7, 11) is 3.07. The van der Waals surface area contributed by atoms with Gasteiger partial charge in [0.2, 0.25) is 0 Å². The first-order chi connectivity index (χ1) is 9.22. The fourth-order valence-corrected chi connectivity index (χ4v) is 2.36. The molecule has 0 radical (unpaired) electrons. The fourth-order valence-electron chi connectivity index (χ4n) is 1.47. The van der Waals surface area contributed by atoms with Crippen LogP contribution in [0.25, 0.3) is 10.4 Å². The molecule has 2 aromatic rings. The Bertz CT molecular complexity index is 508. The van der Waals surface area contributed by atoms with E-state index in [-0.39, 0.29) is 5.91 Å². The van der Waals surface area contributed by atoms with Gasteiger partial charge in [-0.05, 0) is 11.6 Å². The van der Waals surface area contributed by atoms with Crippen LogP contribution in [0, 0.1) is 0 Å². The van der Waals surface area contributed by atoms with E-state index in [1.807, 2.05) is 55.6 Å². The molecule has 0 N–H and O–H groups in total. The molecule has 102 valence electrons. The maximum Gasteiger partial charge on any atom is 0.278 e. The quantitative estimate of drug-likeness (QED) is 0.791. The second-order valence-corrected chi connectivity index (χ2v) is 4.46. The second kappa shape index (κ2) is 7.71. The first-order valence-electron chi connectivity index (χ1n) is 6.18. The SMILES string of the molecule is CC.CON(C)C(=O)c1csc(-c2ccccc2)c1. The maximum atomic E-state index is 11.8. The van der Waals surface area contributed by atoms with Crippen molar-refractivity contribution in [2.75, 3.05) is 14.2 Å². The van der Waals surface area contributed by atoms with E-state index in [1.54, 1.807) is 18.4 Å². The van der Waals surface area contributed by atoms with Gasteiger partial charge in [0.1, 0.15) is 0 Å². The van der Waals surface area contributed by atoms with Gasteiger partial charge < -0.3 is 0 Å². The summed E-state index contributed by atoms with van der Waals surface area (Å²) in [6.07, 6.45) is 0. The van der Waals surface area contributed by atoms with Gasteiger partial charge in [0.25, 0.3) is 5.91 Å². The molecule has 0 spiro atoms. The molecule has 4 heteroatoms. The van der Waals surface area contributed by atoms with Gasteiger partial charge in [0.15, 0.2) is 0 Å². The zero-order valence-corrected chi connectivity index (χ0v) is 12.5. The molecule has 2 rings (SSSR count). The molecule has 3 nitrogen and oxygen atoms in total. The summed E-state index contributed by atoms with van der Waals surface area (Å²) in [5.74, 6) is -0.133. The molecule has 1 amide bonds. The van der Waals surface area contributed by atoms with Gasteiger partial charge in [-0.1, -0.05) is 44.2 Å². The van der Waals surface area contributed by atoms with E-state index in [0.717, 1.165) is 10.4 Å². The highest BCUT2D eigenvalue weighted by Gasteiger charge is 2.13. The van der Waals surface area contributed by atoms with Crippen molar-refractivity contribution in [2.45, 2.75) is 13.8 Å². The maximum absolute atomic E-state index is 11.8. The van der Waals surface area contributed by atoms with Crippen LogP contribution >= 0.6 is 11.3 Å². The molecule has 0 aliphatic rings. The highest BCUT2D eigenvalue weighted by Crippen LogP contribution is 2.27. The molecule has 0 aliphatic heterocycles. The highest BCUT2D eigenvalue weighted by atomic mass is 32.1. The summed E-state index contributed by atoms with van der Waals surface area (Å²) < 4.78 is 0. The van der Waals surface area contributed by atoms with E-state index in [1.165, 1.54) is 12.2 Å². The van der Waals surface area contributed by atoms with Gasteiger partial charge >= 0.3 is 0 Å². The van der Waals surface area contributed by atoms with Crippen molar-refractivity contribution in [1.29, 1.82) is 0 Å². The van der Waals surface area contributed by atoms with Crippen molar-refractivity contribution >= 4 is 17.2 Å². The van der Waals surface area contributed by atoms with Crippen molar-refractivity contribution in [3.05, 3.63) is 47.3 Å². The zero-order chi connectivity index (χ0) is 14.3. The third-order valence-corrected chi connectivity index (χ3v) is 3.44. The average Bonchev–Trinajstić information content (AvgIpc) is 2.98. The molecule has 0 fully saturated rings. The topological polar surface area (TPSA) is 29.5 Å². The van der Waals surface area contributed by atoms with Gasteiger partial charge in [-0.25, -0.2) is 5.06 Å². The lowest BCUT2D eigenvalue weighted by molar-refractivity contribution is -0.0756. The Morgan fingerprint density at radius 1 is 1.21 bits per heavy atom. The third kappa shape index (κ3) is 3.91. The number of nitrogens with zero attached hydrogens (tertiary/aromatic N) is 1.